The van der Waals surface area contributed by atoms with Crippen LogP contribution in [0, 0.1) is 13.8 Å². The molecule has 1 saturated heterocycles. The van der Waals surface area contributed by atoms with Gasteiger partial charge in [-0.25, -0.2) is 0 Å². The monoisotopic (exact) mass is 431 g/mol. The van der Waals surface area contributed by atoms with Gasteiger partial charge in [-0.3, -0.25) is 9.58 Å². The molecule has 1 aliphatic heterocycles. The molecule has 2 heterocycles. The minimum atomic E-state index is 0.348. The highest BCUT2D eigenvalue weighted by Crippen LogP contribution is 2.36. The van der Waals surface area contributed by atoms with E-state index < -0.39 is 0 Å². The van der Waals surface area contributed by atoms with E-state index in [-0.39, 0.29) is 0 Å². The first-order valence-electron chi connectivity index (χ1n) is 11.9. The normalized spacial score (nSPS) is 17.9. The number of hydrogen-bond donors (Lipinski definition) is 2. The van der Waals surface area contributed by atoms with Crippen LogP contribution in [0.5, 0.6) is 0 Å². The van der Waals surface area contributed by atoms with Crippen molar-refractivity contribution in [3.63, 3.8) is 0 Å². The van der Waals surface area contributed by atoms with E-state index in [1.807, 2.05) is 19.3 Å². The van der Waals surface area contributed by atoms with Crippen molar-refractivity contribution in [2.24, 2.45) is 0 Å². The van der Waals surface area contributed by atoms with E-state index in [2.05, 4.69) is 77.3 Å². The van der Waals surface area contributed by atoms with Crippen molar-refractivity contribution in [3.8, 4) is 0 Å². The van der Waals surface area contributed by atoms with Gasteiger partial charge in [0.2, 0.25) is 0 Å². The SMILES string of the molecule is CCC(c1ccc(C)c(CN2CCCC(n3cccn3)C2)c1)c1ccc(NC)c(N)c1C. The van der Waals surface area contributed by atoms with Gasteiger partial charge in [0.25, 0.3) is 0 Å². The lowest BCUT2D eigenvalue weighted by Crippen LogP contribution is -2.36. The number of aryl methyl sites for hydroxylation is 1. The summed E-state index contributed by atoms with van der Waals surface area (Å²) in [6.45, 7) is 9.86. The average molecular weight is 432 g/mol. The summed E-state index contributed by atoms with van der Waals surface area (Å²) in [5.41, 5.74) is 15.0. The number of rotatable bonds is 7. The van der Waals surface area contributed by atoms with Gasteiger partial charge in [0.05, 0.1) is 17.4 Å². The Bertz CT molecular complexity index is 1040. The van der Waals surface area contributed by atoms with Gasteiger partial charge in [0, 0.05) is 38.4 Å². The summed E-state index contributed by atoms with van der Waals surface area (Å²) >= 11 is 0. The number of benzene rings is 2. The van der Waals surface area contributed by atoms with Crippen LogP contribution in [0.3, 0.4) is 0 Å². The van der Waals surface area contributed by atoms with Crippen molar-refractivity contribution >= 4 is 11.4 Å². The Morgan fingerprint density at radius 3 is 2.78 bits per heavy atom. The Hall–Kier alpha value is -2.79. The molecule has 2 unspecified atom stereocenters. The van der Waals surface area contributed by atoms with E-state index in [1.165, 1.54) is 40.7 Å². The first kappa shape index (κ1) is 22.4. The number of likely N-dealkylation sites (tertiary alicyclic amines) is 1. The molecule has 5 heteroatoms. The van der Waals surface area contributed by atoms with Gasteiger partial charge in [-0.05, 0) is 79.6 Å². The molecule has 1 fully saturated rings. The van der Waals surface area contributed by atoms with Crippen LogP contribution in [-0.2, 0) is 6.54 Å². The number of aromatic nitrogens is 2. The Balaban J connectivity index is 1.57. The number of nitrogens with zero attached hydrogens (tertiary/aromatic N) is 3. The third kappa shape index (κ3) is 4.53. The zero-order valence-corrected chi connectivity index (χ0v) is 19.9. The van der Waals surface area contributed by atoms with Crippen LogP contribution in [-0.4, -0.2) is 34.8 Å². The number of nitrogens with one attached hydrogen (secondary N) is 1. The lowest BCUT2D eigenvalue weighted by atomic mass is 9.84. The Morgan fingerprint density at radius 1 is 1.22 bits per heavy atom. The molecule has 0 amide bonds. The molecule has 1 aromatic heterocycles. The van der Waals surface area contributed by atoms with Gasteiger partial charge < -0.3 is 11.1 Å². The first-order chi connectivity index (χ1) is 15.5. The highest BCUT2D eigenvalue weighted by molar-refractivity contribution is 5.71. The van der Waals surface area contributed by atoms with E-state index in [9.17, 15) is 0 Å². The first-order valence-corrected chi connectivity index (χ1v) is 11.9. The van der Waals surface area contributed by atoms with Crippen LogP contribution in [0.2, 0.25) is 0 Å². The van der Waals surface area contributed by atoms with Gasteiger partial charge in [0.15, 0.2) is 0 Å². The van der Waals surface area contributed by atoms with Gasteiger partial charge in [-0.2, -0.15) is 5.10 Å². The molecule has 0 spiro atoms. The lowest BCUT2D eigenvalue weighted by molar-refractivity contribution is 0.163. The summed E-state index contributed by atoms with van der Waals surface area (Å²) in [6.07, 6.45) is 7.46. The van der Waals surface area contributed by atoms with Crippen molar-refractivity contribution < 1.29 is 0 Å². The number of hydrogen-bond acceptors (Lipinski definition) is 4. The minimum absolute atomic E-state index is 0.348. The quantitative estimate of drug-likeness (QED) is 0.485. The summed E-state index contributed by atoms with van der Waals surface area (Å²) in [5, 5.41) is 7.68. The summed E-state index contributed by atoms with van der Waals surface area (Å²) in [7, 11) is 1.92. The topological polar surface area (TPSA) is 59.1 Å². The molecule has 1 aliphatic rings. The number of piperidine rings is 1. The maximum Gasteiger partial charge on any atom is 0.0646 e. The van der Waals surface area contributed by atoms with Gasteiger partial charge >= 0.3 is 0 Å². The second-order valence-electron chi connectivity index (χ2n) is 9.16. The zero-order valence-electron chi connectivity index (χ0n) is 19.9. The molecule has 4 rings (SSSR count). The molecule has 0 bridgehead atoms. The van der Waals surface area contributed by atoms with Crippen LogP contribution < -0.4 is 11.1 Å². The minimum Gasteiger partial charge on any atom is -0.397 e. The fourth-order valence-electron chi connectivity index (χ4n) is 5.18. The van der Waals surface area contributed by atoms with Crippen molar-refractivity contribution in [2.75, 3.05) is 31.2 Å². The Kier molecular flexibility index (Phi) is 6.85. The smallest absolute Gasteiger partial charge is 0.0646 e. The van der Waals surface area contributed by atoms with Gasteiger partial charge in [-0.15, -0.1) is 0 Å². The molecule has 170 valence electrons. The van der Waals surface area contributed by atoms with E-state index in [0.29, 0.717) is 12.0 Å². The Morgan fingerprint density at radius 2 is 2.06 bits per heavy atom. The van der Waals surface area contributed by atoms with Crippen LogP contribution >= 0.6 is 0 Å². The maximum atomic E-state index is 6.42. The van der Waals surface area contributed by atoms with Crippen LogP contribution in [0.15, 0.2) is 48.8 Å². The second kappa shape index (κ2) is 9.78. The highest BCUT2D eigenvalue weighted by atomic mass is 15.3. The summed E-state index contributed by atoms with van der Waals surface area (Å²) in [4.78, 5) is 2.59. The summed E-state index contributed by atoms with van der Waals surface area (Å²) in [5.74, 6) is 0.348. The number of anilines is 2. The predicted molar refractivity (Wildman–Crippen MR) is 134 cm³/mol. The van der Waals surface area contributed by atoms with Crippen molar-refractivity contribution in [1.29, 1.82) is 0 Å². The molecule has 3 N–H and O–H groups in total. The largest absolute Gasteiger partial charge is 0.397 e. The standard InChI is InChI=1S/C27H37N5/c1-5-24(25-11-12-26(29-4)27(28)20(25)3)21-10-9-19(2)22(16-21)17-31-14-6-8-23(18-31)32-15-7-13-30-32/h7,9-13,15-16,23-24,29H,5-6,8,14,17-18,28H2,1-4H3. The molecule has 5 nitrogen and oxygen atoms in total. The van der Waals surface area contributed by atoms with E-state index in [1.54, 1.807) is 0 Å². The summed E-state index contributed by atoms with van der Waals surface area (Å²) in [6, 6.07) is 13.9. The van der Waals surface area contributed by atoms with Gasteiger partial charge in [0.1, 0.15) is 0 Å². The Labute approximate surface area is 192 Å². The molecule has 2 aromatic carbocycles. The fraction of sp³-hybridized carbons (Fsp3) is 0.444. The highest BCUT2D eigenvalue weighted by Gasteiger charge is 2.23. The molecule has 3 aromatic rings. The predicted octanol–water partition coefficient (Wildman–Crippen LogP) is 5.50. The molecular weight excluding hydrogens is 394 g/mol. The van der Waals surface area contributed by atoms with E-state index >= 15 is 0 Å². The van der Waals surface area contributed by atoms with Crippen molar-refractivity contribution in [3.05, 3.63) is 76.6 Å². The molecule has 0 saturated carbocycles. The van der Waals surface area contributed by atoms with Gasteiger partial charge in [-0.1, -0.05) is 31.2 Å². The van der Waals surface area contributed by atoms with Crippen molar-refractivity contribution in [2.45, 2.75) is 58.5 Å². The summed E-state index contributed by atoms with van der Waals surface area (Å²) < 4.78 is 2.13. The number of nitrogens with two attached hydrogens (primary N) is 1. The zero-order chi connectivity index (χ0) is 22.7. The average Bonchev–Trinajstić information content (AvgIpc) is 3.34. The second-order valence-corrected chi connectivity index (χ2v) is 9.16. The lowest BCUT2D eigenvalue weighted by Gasteiger charge is -2.33. The molecule has 0 radical (unpaired) electrons. The molecular formula is C27H37N5. The third-order valence-corrected chi connectivity index (χ3v) is 7.16. The van der Waals surface area contributed by atoms with E-state index in [4.69, 9.17) is 5.73 Å². The molecule has 0 aliphatic carbocycles. The third-order valence-electron chi connectivity index (χ3n) is 7.16. The molecule has 2 atom stereocenters. The van der Waals surface area contributed by atoms with Crippen LogP contribution in [0.25, 0.3) is 0 Å². The van der Waals surface area contributed by atoms with Crippen molar-refractivity contribution in [1.82, 2.24) is 14.7 Å². The number of nitrogen functional groups attached to an aromatic ring is 1. The van der Waals surface area contributed by atoms with E-state index in [0.717, 1.165) is 37.4 Å². The fourth-order valence-corrected chi connectivity index (χ4v) is 5.18. The van der Waals surface area contributed by atoms with Crippen LogP contribution in [0.1, 0.15) is 66.0 Å². The molecule has 32 heavy (non-hydrogen) atoms. The maximum absolute atomic E-state index is 6.42. The van der Waals surface area contributed by atoms with Crippen LogP contribution in [0.4, 0.5) is 11.4 Å².